The number of alkyl halides is 3. The van der Waals surface area contributed by atoms with Crippen LogP contribution in [0.15, 0.2) is 47.6 Å². The van der Waals surface area contributed by atoms with Crippen LogP contribution in [0.5, 0.6) is 11.6 Å². The standard InChI is InChI=1S/C20H25F3N4O2.HI/c1-3-24-19(27-13-16-9-10-25-18(11-16)28-4-2)26-12-15-5-7-17(8-6-15)29-14-20(21,22)23;/h5-11H,3-4,12-14H2,1-2H3,(H2,24,26,27);1H. The minimum atomic E-state index is -4.35. The molecule has 30 heavy (non-hydrogen) atoms. The van der Waals surface area contributed by atoms with Crippen LogP contribution >= 0.6 is 24.0 Å². The predicted octanol–water partition coefficient (Wildman–Crippen LogP) is 4.29. The number of guanidine groups is 1. The molecule has 0 bridgehead atoms. The maximum Gasteiger partial charge on any atom is 0.422 e. The van der Waals surface area contributed by atoms with Crippen molar-refractivity contribution in [2.24, 2.45) is 4.99 Å². The van der Waals surface area contributed by atoms with E-state index >= 15 is 0 Å². The second-order valence-corrected chi connectivity index (χ2v) is 6.03. The summed E-state index contributed by atoms with van der Waals surface area (Å²) in [7, 11) is 0. The normalized spacial score (nSPS) is 11.4. The minimum absolute atomic E-state index is 0. The van der Waals surface area contributed by atoms with E-state index in [0.717, 1.165) is 11.1 Å². The average molecular weight is 538 g/mol. The Balaban J connectivity index is 0.00000450. The molecule has 0 saturated carbocycles. The highest BCUT2D eigenvalue weighted by Gasteiger charge is 2.28. The zero-order valence-corrected chi connectivity index (χ0v) is 19.2. The summed E-state index contributed by atoms with van der Waals surface area (Å²) in [6.07, 6.45) is -2.67. The molecule has 0 atom stereocenters. The molecule has 2 rings (SSSR count). The van der Waals surface area contributed by atoms with Crippen molar-refractivity contribution in [2.75, 3.05) is 19.8 Å². The smallest absolute Gasteiger partial charge is 0.422 e. The van der Waals surface area contributed by atoms with Gasteiger partial charge in [0.05, 0.1) is 13.2 Å². The van der Waals surface area contributed by atoms with Gasteiger partial charge < -0.3 is 20.1 Å². The van der Waals surface area contributed by atoms with Gasteiger partial charge in [-0.3, -0.25) is 0 Å². The number of hydrogen-bond acceptors (Lipinski definition) is 4. The van der Waals surface area contributed by atoms with E-state index < -0.39 is 12.8 Å². The number of benzene rings is 1. The van der Waals surface area contributed by atoms with Crippen LogP contribution in [0.4, 0.5) is 13.2 Å². The first-order valence-electron chi connectivity index (χ1n) is 9.28. The number of halogens is 4. The van der Waals surface area contributed by atoms with Crippen molar-refractivity contribution < 1.29 is 22.6 Å². The van der Waals surface area contributed by atoms with Crippen molar-refractivity contribution in [1.29, 1.82) is 0 Å². The van der Waals surface area contributed by atoms with Crippen LogP contribution in [0.25, 0.3) is 0 Å². The van der Waals surface area contributed by atoms with Gasteiger partial charge >= 0.3 is 6.18 Å². The van der Waals surface area contributed by atoms with Crippen molar-refractivity contribution in [3.8, 4) is 11.6 Å². The molecule has 2 N–H and O–H groups in total. The highest BCUT2D eigenvalue weighted by molar-refractivity contribution is 14.0. The van der Waals surface area contributed by atoms with Crippen molar-refractivity contribution in [2.45, 2.75) is 33.1 Å². The van der Waals surface area contributed by atoms with Crippen LogP contribution in [0.3, 0.4) is 0 Å². The number of nitrogens with one attached hydrogen (secondary N) is 2. The Labute approximate surface area is 191 Å². The number of nitrogens with zero attached hydrogens (tertiary/aromatic N) is 2. The third kappa shape index (κ3) is 9.99. The maximum absolute atomic E-state index is 12.2. The van der Waals surface area contributed by atoms with E-state index in [1.165, 1.54) is 12.1 Å². The first-order valence-corrected chi connectivity index (χ1v) is 9.28. The highest BCUT2D eigenvalue weighted by atomic mass is 127. The van der Waals surface area contributed by atoms with Gasteiger partial charge in [0.1, 0.15) is 5.75 Å². The van der Waals surface area contributed by atoms with Crippen molar-refractivity contribution >= 4 is 29.9 Å². The molecule has 0 spiro atoms. The molecular formula is C20H26F3IN4O2. The summed E-state index contributed by atoms with van der Waals surface area (Å²) < 4.78 is 46.7. The number of rotatable bonds is 9. The third-order valence-corrected chi connectivity index (χ3v) is 3.64. The Morgan fingerprint density at radius 3 is 2.40 bits per heavy atom. The molecule has 0 aliphatic rings. The maximum atomic E-state index is 12.2. The van der Waals surface area contributed by atoms with Gasteiger partial charge in [0, 0.05) is 25.4 Å². The van der Waals surface area contributed by atoms with E-state index in [4.69, 9.17) is 9.47 Å². The SMILES string of the molecule is CCNC(=NCc1ccnc(OCC)c1)NCc1ccc(OCC(F)(F)F)cc1.I. The lowest BCUT2D eigenvalue weighted by atomic mass is 10.2. The van der Waals surface area contributed by atoms with Gasteiger partial charge in [-0.05, 0) is 43.2 Å². The molecule has 0 aliphatic carbocycles. The number of aliphatic imine (C=N–C) groups is 1. The van der Waals surface area contributed by atoms with E-state index in [-0.39, 0.29) is 29.7 Å². The Morgan fingerprint density at radius 1 is 1.03 bits per heavy atom. The first kappa shape index (κ1) is 25.8. The molecule has 1 heterocycles. The van der Waals surface area contributed by atoms with Gasteiger partial charge in [0.25, 0.3) is 0 Å². The fraction of sp³-hybridized carbons (Fsp3) is 0.400. The molecule has 2 aromatic rings. The van der Waals surface area contributed by atoms with Gasteiger partial charge in [-0.2, -0.15) is 13.2 Å². The summed E-state index contributed by atoms with van der Waals surface area (Å²) in [4.78, 5) is 8.66. The molecule has 0 fully saturated rings. The Kier molecular flexibility index (Phi) is 11.3. The fourth-order valence-electron chi connectivity index (χ4n) is 2.34. The van der Waals surface area contributed by atoms with E-state index in [9.17, 15) is 13.2 Å². The van der Waals surface area contributed by atoms with Gasteiger partial charge in [0.2, 0.25) is 5.88 Å². The van der Waals surface area contributed by atoms with Crippen LogP contribution in [-0.4, -0.2) is 36.9 Å². The summed E-state index contributed by atoms with van der Waals surface area (Å²) in [6, 6.07) is 10.2. The summed E-state index contributed by atoms with van der Waals surface area (Å²) >= 11 is 0. The van der Waals surface area contributed by atoms with Crippen molar-refractivity contribution in [1.82, 2.24) is 15.6 Å². The number of pyridine rings is 1. The van der Waals surface area contributed by atoms with E-state index in [2.05, 4.69) is 20.6 Å². The fourth-order valence-corrected chi connectivity index (χ4v) is 2.34. The molecule has 166 valence electrons. The second-order valence-electron chi connectivity index (χ2n) is 6.03. The van der Waals surface area contributed by atoms with Crippen LogP contribution in [-0.2, 0) is 13.1 Å². The Bertz CT molecular complexity index is 786. The molecule has 0 saturated heterocycles. The number of hydrogen-bond donors (Lipinski definition) is 2. The van der Waals surface area contributed by atoms with Crippen LogP contribution in [0.2, 0.25) is 0 Å². The van der Waals surface area contributed by atoms with E-state index in [0.29, 0.717) is 38.1 Å². The van der Waals surface area contributed by atoms with E-state index in [1.54, 1.807) is 18.3 Å². The largest absolute Gasteiger partial charge is 0.484 e. The zero-order valence-electron chi connectivity index (χ0n) is 16.8. The summed E-state index contributed by atoms with van der Waals surface area (Å²) in [6.45, 7) is 4.70. The van der Waals surface area contributed by atoms with Crippen molar-refractivity contribution in [3.63, 3.8) is 0 Å². The van der Waals surface area contributed by atoms with Crippen LogP contribution in [0.1, 0.15) is 25.0 Å². The number of ether oxygens (including phenoxy) is 2. The molecule has 0 unspecified atom stereocenters. The lowest BCUT2D eigenvalue weighted by molar-refractivity contribution is -0.153. The quantitative estimate of drug-likeness (QED) is 0.283. The molecule has 10 heteroatoms. The zero-order chi connectivity index (χ0) is 21.1. The number of aromatic nitrogens is 1. The third-order valence-electron chi connectivity index (χ3n) is 3.64. The van der Waals surface area contributed by atoms with Gasteiger partial charge in [-0.25, -0.2) is 9.98 Å². The summed E-state index contributed by atoms with van der Waals surface area (Å²) in [5.41, 5.74) is 1.85. The van der Waals surface area contributed by atoms with Gasteiger partial charge in [-0.1, -0.05) is 12.1 Å². The summed E-state index contributed by atoms with van der Waals surface area (Å²) in [5, 5.41) is 6.35. The highest BCUT2D eigenvalue weighted by Crippen LogP contribution is 2.18. The Hall–Kier alpha value is -2.24. The molecule has 0 amide bonds. The first-order chi connectivity index (χ1) is 13.9. The topological polar surface area (TPSA) is 67.8 Å². The van der Waals surface area contributed by atoms with Crippen LogP contribution in [0, 0.1) is 0 Å². The minimum Gasteiger partial charge on any atom is -0.484 e. The molecule has 0 aliphatic heterocycles. The molecule has 1 aromatic carbocycles. The molecular weight excluding hydrogens is 512 g/mol. The lowest BCUT2D eigenvalue weighted by Gasteiger charge is -2.12. The van der Waals surface area contributed by atoms with Crippen LogP contribution < -0.4 is 20.1 Å². The summed E-state index contributed by atoms with van der Waals surface area (Å²) in [5.74, 6) is 1.36. The molecule has 0 radical (unpaired) electrons. The molecule has 1 aromatic heterocycles. The lowest BCUT2D eigenvalue weighted by Crippen LogP contribution is -2.36. The molecule has 6 nitrogen and oxygen atoms in total. The van der Waals surface area contributed by atoms with Gasteiger partial charge in [0.15, 0.2) is 12.6 Å². The Morgan fingerprint density at radius 2 is 1.77 bits per heavy atom. The van der Waals surface area contributed by atoms with Gasteiger partial charge in [-0.15, -0.1) is 24.0 Å². The second kappa shape index (κ2) is 13.1. The predicted molar refractivity (Wildman–Crippen MR) is 120 cm³/mol. The van der Waals surface area contributed by atoms with Crippen molar-refractivity contribution in [3.05, 3.63) is 53.7 Å². The van der Waals surface area contributed by atoms with E-state index in [1.807, 2.05) is 26.0 Å². The monoisotopic (exact) mass is 538 g/mol. The average Bonchev–Trinajstić information content (AvgIpc) is 2.69.